The smallest absolute Gasteiger partial charge is 0.317 e. The third kappa shape index (κ3) is 3.04. The summed E-state index contributed by atoms with van der Waals surface area (Å²) in [4.78, 5) is 13.4. The molecule has 0 saturated carbocycles. The molecule has 3 unspecified atom stereocenters. The fourth-order valence-corrected chi connectivity index (χ4v) is 3.29. The van der Waals surface area contributed by atoms with Crippen LogP contribution < -0.4 is 0 Å². The van der Waals surface area contributed by atoms with Crippen LogP contribution in [0, 0.1) is 0 Å². The molecule has 3 atom stereocenters. The van der Waals surface area contributed by atoms with E-state index in [0.717, 1.165) is 19.3 Å². The Hall–Kier alpha value is -1.35. The third-order valence-electron chi connectivity index (χ3n) is 4.63. The number of hydrogen-bond donors (Lipinski definition) is 1. The maximum Gasteiger partial charge on any atom is 0.317 e. The number of benzene rings is 1. The van der Waals surface area contributed by atoms with Gasteiger partial charge in [-0.1, -0.05) is 38.1 Å². The monoisotopic (exact) mass is 275 g/mol. The second kappa shape index (κ2) is 6.40. The average Bonchev–Trinajstić information content (AvgIpc) is 2.45. The van der Waals surface area contributed by atoms with Gasteiger partial charge in [0.1, 0.15) is 0 Å². The van der Waals surface area contributed by atoms with Gasteiger partial charge in [0.25, 0.3) is 0 Å². The molecule has 3 heteroatoms. The molecule has 3 nitrogen and oxygen atoms in total. The van der Waals surface area contributed by atoms with Gasteiger partial charge in [0, 0.05) is 12.1 Å². The summed E-state index contributed by atoms with van der Waals surface area (Å²) >= 11 is 0. The van der Waals surface area contributed by atoms with E-state index in [1.165, 1.54) is 11.1 Å². The number of hydrogen-bond acceptors (Lipinski definition) is 2. The molecular formula is C17H25NO2. The van der Waals surface area contributed by atoms with Crippen LogP contribution in [0.2, 0.25) is 0 Å². The third-order valence-corrected chi connectivity index (χ3v) is 4.63. The number of rotatable bonds is 5. The Bertz CT molecular complexity index is 472. The first-order valence-electron chi connectivity index (χ1n) is 7.61. The molecule has 1 aliphatic rings. The van der Waals surface area contributed by atoms with Crippen molar-refractivity contribution >= 4 is 5.97 Å². The topological polar surface area (TPSA) is 40.5 Å². The van der Waals surface area contributed by atoms with Crippen LogP contribution in [0.3, 0.4) is 0 Å². The molecule has 2 rings (SSSR count). The van der Waals surface area contributed by atoms with Crippen LogP contribution in [0.5, 0.6) is 0 Å². The van der Waals surface area contributed by atoms with E-state index < -0.39 is 5.97 Å². The maximum absolute atomic E-state index is 11.2. The predicted molar refractivity (Wildman–Crippen MR) is 80.9 cm³/mol. The van der Waals surface area contributed by atoms with E-state index in [4.69, 9.17) is 0 Å². The van der Waals surface area contributed by atoms with Gasteiger partial charge in [-0.25, -0.2) is 0 Å². The van der Waals surface area contributed by atoms with Crippen LogP contribution in [0.4, 0.5) is 0 Å². The molecule has 0 aliphatic heterocycles. The quantitative estimate of drug-likeness (QED) is 0.888. The predicted octanol–water partition coefficient (Wildman–Crippen LogP) is 3.81. The summed E-state index contributed by atoms with van der Waals surface area (Å²) in [6, 6.07) is 9.06. The van der Waals surface area contributed by atoms with Gasteiger partial charge in [-0.05, 0) is 43.2 Å². The van der Waals surface area contributed by atoms with Crippen molar-refractivity contribution < 1.29 is 9.90 Å². The largest absolute Gasteiger partial charge is 0.480 e. The standard InChI is InChI=1S/C17H25NO2/c1-4-13(3)18(11-17(19)20)16-10-9-12(2)14-7-5-6-8-15(14)16/h5-8,12-13,16H,4,9-11H2,1-3H3,(H,19,20). The van der Waals surface area contributed by atoms with Gasteiger partial charge in [-0.15, -0.1) is 0 Å². The van der Waals surface area contributed by atoms with E-state index in [1.807, 2.05) is 0 Å². The van der Waals surface area contributed by atoms with Crippen LogP contribution in [0.1, 0.15) is 63.1 Å². The Morgan fingerprint density at radius 3 is 2.60 bits per heavy atom. The molecule has 0 amide bonds. The van der Waals surface area contributed by atoms with Crippen molar-refractivity contribution in [3.05, 3.63) is 35.4 Å². The number of carbonyl (C=O) groups is 1. The summed E-state index contributed by atoms with van der Waals surface area (Å²) < 4.78 is 0. The van der Waals surface area contributed by atoms with Gasteiger partial charge in [0.15, 0.2) is 0 Å². The molecule has 0 heterocycles. The molecule has 0 spiro atoms. The van der Waals surface area contributed by atoms with Gasteiger partial charge in [0.2, 0.25) is 0 Å². The van der Waals surface area contributed by atoms with E-state index in [9.17, 15) is 9.90 Å². The van der Waals surface area contributed by atoms with E-state index in [1.54, 1.807) is 0 Å². The van der Waals surface area contributed by atoms with Crippen LogP contribution in [-0.2, 0) is 4.79 Å². The highest BCUT2D eigenvalue weighted by Crippen LogP contribution is 2.41. The van der Waals surface area contributed by atoms with Crippen molar-refractivity contribution in [2.75, 3.05) is 6.54 Å². The fourth-order valence-electron chi connectivity index (χ4n) is 3.29. The van der Waals surface area contributed by atoms with E-state index in [2.05, 4.69) is 49.9 Å². The molecule has 0 saturated heterocycles. The van der Waals surface area contributed by atoms with Crippen LogP contribution >= 0.6 is 0 Å². The van der Waals surface area contributed by atoms with Crippen LogP contribution in [0.25, 0.3) is 0 Å². The van der Waals surface area contributed by atoms with Gasteiger partial charge in [-0.2, -0.15) is 0 Å². The van der Waals surface area contributed by atoms with Gasteiger partial charge in [-0.3, -0.25) is 9.69 Å². The average molecular weight is 275 g/mol. The molecular weight excluding hydrogens is 250 g/mol. The molecule has 0 radical (unpaired) electrons. The molecule has 1 aromatic carbocycles. The van der Waals surface area contributed by atoms with Crippen molar-refractivity contribution in [2.24, 2.45) is 0 Å². The maximum atomic E-state index is 11.2. The Morgan fingerprint density at radius 1 is 1.35 bits per heavy atom. The Balaban J connectivity index is 2.34. The summed E-state index contributed by atoms with van der Waals surface area (Å²) in [6.07, 6.45) is 3.16. The van der Waals surface area contributed by atoms with Crippen molar-refractivity contribution in [2.45, 2.75) is 58.0 Å². The normalized spacial score (nSPS) is 23.4. The first-order chi connectivity index (χ1) is 9.54. The molecule has 1 N–H and O–H groups in total. The number of nitrogens with zero attached hydrogens (tertiary/aromatic N) is 1. The lowest BCUT2D eigenvalue weighted by atomic mass is 9.80. The number of carboxylic acid groups (broad SMARTS) is 1. The summed E-state index contributed by atoms with van der Waals surface area (Å²) in [5.74, 6) is -0.160. The molecule has 0 bridgehead atoms. The van der Waals surface area contributed by atoms with Crippen molar-refractivity contribution in [3.8, 4) is 0 Å². The Kier molecular flexibility index (Phi) is 4.81. The van der Waals surface area contributed by atoms with Crippen molar-refractivity contribution in [3.63, 3.8) is 0 Å². The second-order valence-corrected chi connectivity index (χ2v) is 5.95. The highest BCUT2D eigenvalue weighted by atomic mass is 16.4. The summed E-state index contributed by atoms with van der Waals surface area (Å²) in [7, 11) is 0. The van der Waals surface area contributed by atoms with Gasteiger partial charge in [0.05, 0.1) is 6.54 Å². The van der Waals surface area contributed by atoms with E-state index >= 15 is 0 Å². The summed E-state index contributed by atoms with van der Waals surface area (Å²) in [6.45, 7) is 6.64. The lowest BCUT2D eigenvalue weighted by Gasteiger charge is -2.40. The Labute approximate surface area is 121 Å². The SMILES string of the molecule is CCC(C)N(CC(=O)O)C1CCC(C)c2ccccc21. The second-order valence-electron chi connectivity index (χ2n) is 5.95. The first-order valence-corrected chi connectivity index (χ1v) is 7.61. The highest BCUT2D eigenvalue weighted by molar-refractivity contribution is 5.69. The van der Waals surface area contributed by atoms with Crippen molar-refractivity contribution in [1.82, 2.24) is 4.90 Å². The minimum Gasteiger partial charge on any atom is -0.480 e. The molecule has 1 aliphatic carbocycles. The lowest BCUT2D eigenvalue weighted by molar-refractivity contribution is -0.139. The lowest BCUT2D eigenvalue weighted by Crippen LogP contribution is -2.41. The van der Waals surface area contributed by atoms with Gasteiger partial charge < -0.3 is 5.11 Å². The van der Waals surface area contributed by atoms with Crippen molar-refractivity contribution in [1.29, 1.82) is 0 Å². The first kappa shape index (κ1) is 15.0. The van der Waals surface area contributed by atoms with Crippen LogP contribution in [0.15, 0.2) is 24.3 Å². The Morgan fingerprint density at radius 2 is 2.00 bits per heavy atom. The highest BCUT2D eigenvalue weighted by Gasteiger charge is 2.31. The van der Waals surface area contributed by atoms with Crippen LogP contribution in [-0.4, -0.2) is 28.6 Å². The van der Waals surface area contributed by atoms with E-state index in [0.29, 0.717) is 5.92 Å². The fraction of sp³-hybridized carbons (Fsp3) is 0.588. The number of carboxylic acids is 1. The zero-order chi connectivity index (χ0) is 14.7. The minimum atomic E-state index is -0.735. The zero-order valence-electron chi connectivity index (χ0n) is 12.7. The molecule has 0 aromatic heterocycles. The summed E-state index contributed by atoms with van der Waals surface area (Å²) in [5, 5.41) is 9.22. The minimum absolute atomic E-state index is 0.127. The zero-order valence-corrected chi connectivity index (χ0v) is 12.7. The molecule has 110 valence electrons. The summed E-state index contributed by atoms with van der Waals surface area (Å²) in [5.41, 5.74) is 2.72. The number of aliphatic carboxylic acids is 1. The molecule has 0 fully saturated rings. The molecule has 1 aromatic rings. The molecule has 20 heavy (non-hydrogen) atoms. The van der Waals surface area contributed by atoms with Gasteiger partial charge >= 0.3 is 5.97 Å². The number of fused-ring (bicyclic) bond motifs is 1. The van der Waals surface area contributed by atoms with E-state index in [-0.39, 0.29) is 18.6 Å².